The number of aromatic nitrogens is 1. The second kappa shape index (κ2) is 11.7. The smallest absolute Gasteiger partial charge is 0.490 e. The van der Waals surface area contributed by atoms with Crippen LogP contribution in [0.15, 0.2) is 29.2 Å². The van der Waals surface area contributed by atoms with Crippen molar-refractivity contribution in [2.75, 3.05) is 32.4 Å². The maximum absolute atomic E-state index is 12.6. The van der Waals surface area contributed by atoms with Gasteiger partial charge in [0.25, 0.3) is 0 Å². The zero-order valence-electron chi connectivity index (χ0n) is 22.0. The predicted molar refractivity (Wildman–Crippen MR) is 134 cm³/mol. The van der Waals surface area contributed by atoms with E-state index in [0.717, 1.165) is 41.7 Å². The van der Waals surface area contributed by atoms with Crippen LogP contribution in [0.4, 0.5) is 13.2 Å². The van der Waals surface area contributed by atoms with E-state index < -0.39 is 23.5 Å². The second-order valence-electron chi connectivity index (χ2n) is 9.78. The number of hydrogen-bond acceptors (Lipinski definition) is 7. The molecule has 1 atom stereocenters. The fourth-order valence-electron chi connectivity index (χ4n) is 4.87. The first-order chi connectivity index (χ1) is 18.2. The minimum atomic E-state index is -5.08. The van der Waals surface area contributed by atoms with Gasteiger partial charge in [-0.05, 0) is 44.4 Å². The number of benzene rings is 1. The lowest BCUT2D eigenvalue weighted by molar-refractivity contribution is -0.192. The van der Waals surface area contributed by atoms with Gasteiger partial charge in [-0.15, -0.1) is 0 Å². The van der Waals surface area contributed by atoms with Crippen LogP contribution in [0.1, 0.15) is 60.6 Å². The lowest BCUT2D eigenvalue weighted by Gasteiger charge is -2.44. The second-order valence-corrected chi connectivity index (χ2v) is 9.78. The fraction of sp³-hybridized carbons (Fsp3) is 0.500. The Balaban J connectivity index is 0.000000532. The molecule has 1 fully saturated rings. The predicted octanol–water partition coefficient (Wildman–Crippen LogP) is 3.97. The van der Waals surface area contributed by atoms with Crippen LogP contribution < -0.4 is 15.2 Å². The molecule has 0 bridgehead atoms. The van der Waals surface area contributed by atoms with Crippen LogP contribution in [0.5, 0.6) is 5.75 Å². The van der Waals surface area contributed by atoms with Gasteiger partial charge in [-0.2, -0.15) is 13.2 Å². The van der Waals surface area contributed by atoms with Gasteiger partial charge in [0.15, 0.2) is 5.43 Å². The molecule has 2 aliphatic heterocycles. The summed E-state index contributed by atoms with van der Waals surface area (Å²) in [5.41, 5.74) is 2.63. The van der Waals surface area contributed by atoms with Crippen LogP contribution in [0.25, 0.3) is 11.3 Å². The van der Waals surface area contributed by atoms with Gasteiger partial charge >= 0.3 is 18.1 Å². The van der Waals surface area contributed by atoms with Crippen LogP contribution in [-0.4, -0.2) is 66.0 Å². The van der Waals surface area contributed by atoms with Gasteiger partial charge in [-0.25, -0.2) is 9.59 Å². The highest BCUT2D eigenvalue weighted by Gasteiger charge is 2.45. The molecule has 0 saturated carbocycles. The number of fused-ring (bicyclic) bond motifs is 6. The molecule has 10 nitrogen and oxygen atoms in total. The Labute approximate surface area is 222 Å². The molecule has 39 heavy (non-hydrogen) atoms. The lowest BCUT2D eigenvalue weighted by Crippen LogP contribution is -2.50. The summed E-state index contributed by atoms with van der Waals surface area (Å²) < 4.78 is 50.2. The summed E-state index contributed by atoms with van der Waals surface area (Å²) in [7, 11) is 3.30. The number of alkyl halides is 3. The quantitative estimate of drug-likeness (QED) is 0.464. The Morgan fingerprint density at radius 2 is 1.77 bits per heavy atom. The highest BCUT2D eigenvalue weighted by atomic mass is 19.4. The Morgan fingerprint density at radius 3 is 2.33 bits per heavy atom. The SMILES string of the molecule is COCCCOc1cc2c(cc1COC)-c1cc(=O)c(C(=O)O)cn1N1[C@@H]2CCC1(C)C.O=C(O)C(F)(F)F. The van der Waals surface area contributed by atoms with Gasteiger partial charge in [0.1, 0.15) is 11.3 Å². The molecule has 0 spiro atoms. The van der Waals surface area contributed by atoms with E-state index in [1.807, 2.05) is 10.7 Å². The normalized spacial score (nSPS) is 16.9. The first kappa shape index (κ1) is 30.0. The van der Waals surface area contributed by atoms with E-state index in [1.54, 1.807) is 14.2 Å². The van der Waals surface area contributed by atoms with E-state index in [9.17, 15) is 27.9 Å². The molecule has 214 valence electrons. The van der Waals surface area contributed by atoms with Crippen LogP contribution in [0.2, 0.25) is 0 Å². The van der Waals surface area contributed by atoms with Crippen LogP contribution in [-0.2, 0) is 20.9 Å². The summed E-state index contributed by atoms with van der Waals surface area (Å²) in [6, 6.07) is 5.56. The van der Waals surface area contributed by atoms with Crippen molar-refractivity contribution >= 4 is 11.9 Å². The number of carboxylic acids is 2. The maximum Gasteiger partial charge on any atom is 0.490 e. The molecule has 3 heterocycles. The van der Waals surface area contributed by atoms with Crippen molar-refractivity contribution in [3.8, 4) is 17.0 Å². The lowest BCUT2D eigenvalue weighted by atomic mass is 9.92. The van der Waals surface area contributed by atoms with Crippen molar-refractivity contribution in [3.63, 3.8) is 0 Å². The van der Waals surface area contributed by atoms with Crippen LogP contribution in [0, 0.1) is 0 Å². The van der Waals surface area contributed by atoms with Crippen molar-refractivity contribution < 1.29 is 47.2 Å². The minimum absolute atomic E-state index is 0.0505. The Hall–Kier alpha value is -3.58. The zero-order chi connectivity index (χ0) is 29.1. The molecule has 0 unspecified atom stereocenters. The van der Waals surface area contributed by atoms with E-state index in [2.05, 4.69) is 24.9 Å². The Morgan fingerprint density at radius 1 is 1.10 bits per heavy atom. The summed E-state index contributed by atoms with van der Waals surface area (Å²) in [6.45, 7) is 5.80. The molecular weight excluding hydrogens is 525 g/mol. The number of aliphatic carboxylic acids is 1. The summed E-state index contributed by atoms with van der Waals surface area (Å²) in [5, 5.41) is 18.9. The first-order valence-corrected chi connectivity index (χ1v) is 12.1. The summed E-state index contributed by atoms with van der Waals surface area (Å²) >= 11 is 0. The fourth-order valence-corrected chi connectivity index (χ4v) is 4.87. The van der Waals surface area contributed by atoms with Crippen molar-refractivity contribution in [1.82, 2.24) is 4.68 Å². The number of ether oxygens (including phenoxy) is 3. The van der Waals surface area contributed by atoms with Crippen LogP contribution >= 0.6 is 0 Å². The highest BCUT2D eigenvalue weighted by Crippen LogP contribution is 2.49. The zero-order valence-corrected chi connectivity index (χ0v) is 22.0. The minimum Gasteiger partial charge on any atom is -0.493 e. The van der Waals surface area contributed by atoms with E-state index in [0.29, 0.717) is 25.5 Å². The third kappa shape index (κ3) is 6.36. The number of carboxylic acid groups (broad SMARTS) is 2. The van der Waals surface area contributed by atoms with E-state index in [4.69, 9.17) is 24.1 Å². The molecule has 2 N–H and O–H groups in total. The molecule has 2 aliphatic rings. The first-order valence-electron chi connectivity index (χ1n) is 12.1. The van der Waals surface area contributed by atoms with Gasteiger partial charge in [0.2, 0.25) is 0 Å². The van der Waals surface area contributed by atoms with Gasteiger partial charge in [0.05, 0.1) is 30.5 Å². The van der Waals surface area contributed by atoms with Crippen molar-refractivity contribution in [2.45, 2.75) is 57.5 Å². The van der Waals surface area contributed by atoms with E-state index in [1.165, 1.54) is 12.3 Å². The van der Waals surface area contributed by atoms with Crippen molar-refractivity contribution in [2.24, 2.45) is 0 Å². The number of aromatic carboxylic acids is 1. The monoisotopic (exact) mass is 556 g/mol. The average molecular weight is 557 g/mol. The number of carbonyl (C=O) groups is 2. The number of hydrogen-bond donors (Lipinski definition) is 2. The molecule has 1 aromatic heterocycles. The van der Waals surface area contributed by atoms with E-state index >= 15 is 0 Å². The average Bonchev–Trinajstić information content (AvgIpc) is 3.17. The highest BCUT2D eigenvalue weighted by molar-refractivity contribution is 5.88. The molecule has 1 aromatic carbocycles. The molecular formula is C26H31F3N2O8. The van der Waals surface area contributed by atoms with E-state index in [-0.39, 0.29) is 17.1 Å². The summed E-state index contributed by atoms with van der Waals surface area (Å²) in [6.07, 6.45) is -0.984. The number of pyridine rings is 1. The Kier molecular flexibility index (Phi) is 8.96. The molecule has 13 heteroatoms. The molecule has 4 rings (SSSR count). The Bertz CT molecular complexity index is 1290. The number of halogens is 3. The molecule has 0 radical (unpaired) electrons. The standard InChI is InChI=1S/C24H30N2O6.C2HF3O2/c1-24(2)7-6-19-17-11-22(32-9-5-8-30-3)15(14-31-4)10-16(17)20-12-21(27)18(23(28)29)13-25(20)26(19)24;3-2(4,5)1(6)7/h10-13,19H,5-9,14H2,1-4H3,(H,28,29);(H,6,7)/t19-;/m1./s1. The number of methoxy groups -OCH3 is 2. The van der Waals surface area contributed by atoms with Gasteiger partial charge in [-0.1, -0.05) is 0 Å². The topological polar surface area (TPSA) is 128 Å². The summed E-state index contributed by atoms with van der Waals surface area (Å²) in [4.78, 5) is 33.2. The number of nitrogens with zero attached hydrogens (tertiary/aromatic N) is 2. The molecule has 1 saturated heterocycles. The molecule has 2 aromatic rings. The van der Waals surface area contributed by atoms with Crippen molar-refractivity contribution in [3.05, 3.63) is 51.3 Å². The number of rotatable bonds is 8. The van der Waals surface area contributed by atoms with Gasteiger partial charge in [-0.3, -0.25) is 14.5 Å². The third-order valence-corrected chi connectivity index (χ3v) is 6.60. The largest absolute Gasteiger partial charge is 0.493 e. The van der Waals surface area contributed by atoms with Gasteiger partial charge < -0.3 is 24.4 Å². The molecule has 0 amide bonds. The van der Waals surface area contributed by atoms with Crippen molar-refractivity contribution in [1.29, 1.82) is 0 Å². The maximum atomic E-state index is 12.6. The summed E-state index contributed by atoms with van der Waals surface area (Å²) in [5.74, 6) is -3.21. The van der Waals surface area contributed by atoms with Gasteiger partial charge in [0, 0.05) is 50.6 Å². The molecule has 0 aliphatic carbocycles. The van der Waals surface area contributed by atoms with Crippen LogP contribution in [0.3, 0.4) is 0 Å². The third-order valence-electron chi connectivity index (χ3n) is 6.60.